The van der Waals surface area contributed by atoms with Crippen LogP contribution in [0, 0.1) is 0 Å². The highest BCUT2D eigenvalue weighted by molar-refractivity contribution is 6.07. The molecule has 2 N–H and O–H groups in total. The van der Waals surface area contributed by atoms with Gasteiger partial charge in [-0.25, -0.2) is 10.5 Å². The van der Waals surface area contributed by atoms with Crippen molar-refractivity contribution in [3.63, 3.8) is 0 Å². The largest absolute Gasteiger partial charge is 0.416 e. The molecule has 0 spiro atoms. The lowest BCUT2D eigenvalue weighted by atomic mass is 10.0. The molecule has 0 saturated carbocycles. The average molecular weight is 332 g/mol. The molecule has 2 aromatic heterocycles. The first-order chi connectivity index (χ1) is 11.4. The Morgan fingerprint density at radius 1 is 1.17 bits per heavy atom. The van der Waals surface area contributed by atoms with Gasteiger partial charge in [0.05, 0.1) is 22.8 Å². The number of fused-ring (bicyclic) bond motifs is 3. The summed E-state index contributed by atoms with van der Waals surface area (Å²) in [6.07, 6.45) is 0.357. The number of nitrogens with one attached hydrogen (secondary N) is 2. The zero-order valence-corrected chi connectivity index (χ0v) is 12.4. The number of hydroxylamine groups is 1. The fourth-order valence-corrected chi connectivity index (χ4v) is 2.68. The molecule has 0 radical (unpaired) electrons. The van der Waals surface area contributed by atoms with E-state index in [-0.39, 0.29) is 0 Å². The van der Waals surface area contributed by atoms with Crippen molar-refractivity contribution in [1.82, 2.24) is 20.7 Å². The second-order valence-electron chi connectivity index (χ2n) is 5.43. The number of allylic oxidation sites excluding steroid dienone is 2. The Labute approximate surface area is 133 Å². The third kappa shape index (κ3) is 2.18. The monoisotopic (exact) mass is 332 g/mol. The fourth-order valence-electron chi connectivity index (χ4n) is 2.68. The Morgan fingerprint density at radius 2 is 2.00 bits per heavy atom. The van der Waals surface area contributed by atoms with Crippen molar-refractivity contribution in [3.8, 4) is 0 Å². The maximum atomic E-state index is 13.0. The van der Waals surface area contributed by atoms with Crippen LogP contribution in [0.15, 0.2) is 42.3 Å². The quantitative estimate of drug-likeness (QED) is 0.709. The molecule has 3 heterocycles. The van der Waals surface area contributed by atoms with Crippen LogP contribution in [-0.4, -0.2) is 15.2 Å². The smallest absolute Gasteiger partial charge is 0.390 e. The summed E-state index contributed by atoms with van der Waals surface area (Å²) in [4.78, 5) is 9.60. The van der Waals surface area contributed by atoms with Gasteiger partial charge in [0.15, 0.2) is 0 Å². The number of H-pyrrole nitrogens is 1. The number of aromatic amines is 1. The van der Waals surface area contributed by atoms with E-state index in [1.165, 1.54) is 18.5 Å². The molecule has 0 fully saturated rings. The summed E-state index contributed by atoms with van der Waals surface area (Å²) in [6.45, 7) is 1.88. The van der Waals surface area contributed by atoms with Crippen LogP contribution in [0.5, 0.6) is 0 Å². The maximum absolute atomic E-state index is 13.0. The van der Waals surface area contributed by atoms with E-state index >= 15 is 0 Å². The maximum Gasteiger partial charge on any atom is 0.416 e. The molecule has 0 unspecified atom stereocenters. The SMILES string of the molecule is CC1=C(c2nc3ccc(C(F)(F)F)cc3c3cn[nH]c23)NOC=C1. The third-order valence-corrected chi connectivity index (χ3v) is 3.90. The van der Waals surface area contributed by atoms with Crippen molar-refractivity contribution in [1.29, 1.82) is 0 Å². The van der Waals surface area contributed by atoms with Gasteiger partial charge in [-0.1, -0.05) is 0 Å². The summed E-state index contributed by atoms with van der Waals surface area (Å²) in [5.74, 6) is 0. The molecular weight excluding hydrogens is 321 g/mol. The molecule has 0 bridgehead atoms. The van der Waals surface area contributed by atoms with Crippen molar-refractivity contribution in [2.24, 2.45) is 0 Å². The molecule has 3 aromatic rings. The van der Waals surface area contributed by atoms with Crippen LogP contribution in [0.2, 0.25) is 0 Å². The molecule has 0 saturated heterocycles. The molecule has 1 aliphatic heterocycles. The predicted octanol–water partition coefficient (Wildman–Crippen LogP) is 3.91. The Balaban J connectivity index is 2.04. The van der Waals surface area contributed by atoms with Crippen LogP contribution in [0.3, 0.4) is 0 Å². The summed E-state index contributed by atoms with van der Waals surface area (Å²) in [5.41, 5.74) is 5.10. The van der Waals surface area contributed by atoms with Gasteiger partial charge in [-0.15, -0.1) is 0 Å². The van der Waals surface area contributed by atoms with Gasteiger partial charge in [0.25, 0.3) is 0 Å². The topological polar surface area (TPSA) is 62.8 Å². The van der Waals surface area contributed by atoms with Gasteiger partial charge in [-0.2, -0.15) is 18.3 Å². The van der Waals surface area contributed by atoms with Gasteiger partial charge in [0.2, 0.25) is 0 Å². The molecule has 0 aliphatic carbocycles. The van der Waals surface area contributed by atoms with E-state index in [9.17, 15) is 13.2 Å². The van der Waals surface area contributed by atoms with Gasteiger partial charge in [-0.3, -0.25) is 5.10 Å². The van der Waals surface area contributed by atoms with Crippen LogP contribution in [0.1, 0.15) is 18.2 Å². The number of alkyl halides is 3. The van der Waals surface area contributed by atoms with E-state index in [2.05, 4.69) is 20.7 Å². The number of rotatable bonds is 1. The van der Waals surface area contributed by atoms with Crippen LogP contribution in [0.4, 0.5) is 13.2 Å². The molecular formula is C16H11F3N4O. The number of aromatic nitrogens is 3. The second-order valence-corrected chi connectivity index (χ2v) is 5.43. The van der Waals surface area contributed by atoms with Crippen LogP contribution in [-0.2, 0) is 11.0 Å². The molecule has 24 heavy (non-hydrogen) atoms. The van der Waals surface area contributed by atoms with Gasteiger partial charge in [0.1, 0.15) is 17.7 Å². The van der Waals surface area contributed by atoms with E-state index in [0.717, 1.165) is 17.7 Å². The number of hydrogen-bond donors (Lipinski definition) is 2. The van der Waals surface area contributed by atoms with E-state index in [1.54, 1.807) is 6.08 Å². The Kier molecular flexibility index (Phi) is 3.02. The molecule has 0 amide bonds. The Morgan fingerprint density at radius 3 is 2.75 bits per heavy atom. The zero-order valence-electron chi connectivity index (χ0n) is 12.4. The lowest BCUT2D eigenvalue weighted by Gasteiger charge is -2.16. The minimum Gasteiger partial charge on any atom is -0.390 e. The highest BCUT2D eigenvalue weighted by atomic mass is 19.4. The fraction of sp³-hybridized carbons (Fsp3) is 0.125. The molecule has 1 aromatic carbocycles. The lowest BCUT2D eigenvalue weighted by molar-refractivity contribution is -0.137. The summed E-state index contributed by atoms with van der Waals surface area (Å²) in [7, 11) is 0. The number of pyridine rings is 1. The average Bonchev–Trinajstić information content (AvgIpc) is 3.03. The number of benzene rings is 1. The summed E-state index contributed by atoms with van der Waals surface area (Å²) < 4.78 is 38.9. The molecule has 1 aliphatic rings. The minimum absolute atomic E-state index is 0.392. The van der Waals surface area contributed by atoms with E-state index < -0.39 is 11.7 Å². The summed E-state index contributed by atoms with van der Waals surface area (Å²) in [5, 5.41) is 7.74. The van der Waals surface area contributed by atoms with Crippen molar-refractivity contribution < 1.29 is 18.0 Å². The van der Waals surface area contributed by atoms with Crippen molar-refractivity contribution in [2.45, 2.75) is 13.1 Å². The third-order valence-electron chi connectivity index (χ3n) is 3.90. The van der Waals surface area contributed by atoms with E-state index in [4.69, 9.17) is 4.84 Å². The summed E-state index contributed by atoms with van der Waals surface area (Å²) >= 11 is 0. The van der Waals surface area contributed by atoms with Gasteiger partial charge >= 0.3 is 6.18 Å². The Hall–Kier alpha value is -3.03. The van der Waals surface area contributed by atoms with E-state index in [0.29, 0.717) is 33.2 Å². The van der Waals surface area contributed by atoms with Crippen LogP contribution < -0.4 is 5.48 Å². The molecule has 4 rings (SSSR count). The predicted molar refractivity (Wildman–Crippen MR) is 82.4 cm³/mol. The normalized spacial score (nSPS) is 15.0. The van der Waals surface area contributed by atoms with Gasteiger partial charge < -0.3 is 4.84 Å². The highest BCUT2D eigenvalue weighted by Gasteiger charge is 2.31. The van der Waals surface area contributed by atoms with Crippen molar-refractivity contribution >= 4 is 27.5 Å². The van der Waals surface area contributed by atoms with Gasteiger partial charge in [0, 0.05) is 10.8 Å². The lowest BCUT2D eigenvalue weighted by Crippen LogP contribution is -2.16. The highest BCUT2D eigenvalue weighted by Crippen LogP contribution is 2.35. The standard InChI is InChI=1S/C16H11F3N4O/c1-8-4-5-24-23-13(8)15-14-11(7-20-22-14)10-6-9(16(17,18)19)2-3-12(10)21-15/h2-7,23H,1H3,(H,20,22). The van der Waals surface area contributed by atoms with Crippen LogP contribution in [0.25, 0.3) is 27.5 Å². The number of nitrogens with zero attached hydrogens (tertiary/aromatic N) is 2. The van der Waals surface area contributed by atoms with E-state index in [1.807, 2.05) is 6.92 Å². The number of hydrogen-bond acceptors (Lipinski definition) is 4. The zero-order chi connectivity index (χ0) is 16.9. The first-order valence-electron chi connectivity index (χ1n) is 7.08. The minimum atomic E-state index is -4.41. The first-order valence-corrected chi connectivity index (χ1v) is 7.08. The molecule has 8 heteroatoms. The Bertz CT molecular complexity index is 1020. The molecule has 0 atom stereocenters. The van der Waals surface area contributed by atoms with Crippen molar-refractivity contribution in [3.05, 3.63) is 53.6 Å². The molecule has 122 valence electrons. The summed E-state index contributed by atoms with van der Waals surface area (Å²) in [6, 6.07) is 3.48. The number of halogens is 3. The van der Waals surface area contributed by atoms with Crippen LogP contribution >= 0.6 is 0 Å². The van der Waals surface area contributed by atoms with Crippen molar-refractivity contribution in [2.75, 3.05) is 0 Å². The van der Waals surface area contributed by atoms with Gasteiger partial charge in [-0.05, 0) is 36.8 Å². The second kappa shape index (κ2) is 4.98. The first kappa shape index (κ1) is 14.6. The molecule has 5 nitrogen and oxygen atoms in total.